The van der Waals surface area contributed by atoms with Crippen molar-refractivity contribution in [3.63, 3.8) is 0 Å². The largest absolute Gasteiger partial charge is 0.380 e. The van der Waals surface area contributed by atoms with E-state index in [0.717, 1.165) is 30.8 Å². The third-order valence-corrected chi connectivity index (χ3v) is 7.15. The molecule has 0 aromatic heterocycles. The predicted octanol–water partition coefficient (Wildman–Crippen LogP) is 3.81. The van der Waals surface area contributed by atoms with Crippen LogP contribution in [0, 0.1) is 17.8 Å². The number of rotatable bonds is 8. The molecule has 1 aliphatic heterocycles. The second-order valence-corrected chi connectivity index (χ2v) is 9.24. The number of carbonyl (C=O) groups is 1. The molecule has 1 saturated heterocycles. The van der Waals surface area contributed by atoms with Gasteiger partial charge in [-0.25, -0.2) is 0 Å². The van der Waals surface area contributed by atoms with Gasteiger partial charge in [-0.3, -0.25) is 9.69 Å². The van der Waals surface area contributed by atoms with Crippen molar-refractivity contribution in [3.05, 3.63) is 108 Å². The number of nitrogens with one attached hydrogen (secondary N) is 1. The number of piperidine rings is 1. The van der Waals surface area contributed by atoms with Crippen LogP contribution in [0.2, 0.25) is 0 Å². The minimum Gasteiger partial charge on any atom is -0.380 e. The molecule has 2 fully saturated rings. The summed E-state index contributed by atoms with van der Waals surface area (Å²) >= 11 is 0. The lowest BCUT2D eigenvalue weighted by Crippen LogP contribution is -2.37. The number of fused-ring (bicyclic) bond motifs is 1. The van der Waals surface area contributed by atoms with E-state index in [1.54, 1.807) is 0 Å². The van der Waals surface area contributed by atoms with Gasteiger partial charge in [0.1, 0.15) is 5.60 Å². The van der Waals surface area contributed by atoms with Gasteiger partial charge in [0, 0.05) is 26.2 Å². The second-order valence-electron chi connectivity index (χ2n) is 9.24. The fourth-order valence-electron chi connectivity index (χ4n) is 5.34. The molecule has 3 aromatic rings. The van der Waals surface area contributed by atoms with Crippen LogP contribution in [0.4, 0.5) is 0 Å². The third-order valence-electron chi connectivity index (χ3n) is 7.15. The van der Waals surface area contributed by atoms with Gasteiger partial charge in [-0.2, -0.15) is 0 Å². The van der Waals surface area contributed by atoms with Crippen LogP contribution in [0.3, 0.4) is 0 Å². The first-order chi connectivity index (χ1) is 15.6. The first kappa shape index (κ1) is 20.9. The fourth-order valence-corrected chi connectivity index (χ4v) is 5.34. The first-order valence-electron chi connectivity index (χ1n) is 11.5. The molecule has 3 aromatic carbocycles. The molecule has 2 unspecified atom stereocenters. The summed E-state index contributed by atoms with van der Waals surface area (Å²) in [7, 11) is 0. The quantitative estimate of drug-likeness (QED) is 0.576. The molecule has 4 heteroatoms. The van der Waals surface area contributed by atoms with Crippen molar-refractivity contribution in [1.29, 1.82) is 0 Å². The standard InChI is InChI=1S/C28H30N2O2/c31-27(16-28(32,22-12-6-2-7-13-22)23-14-8-3-9-15-23)29-17-24-25-19-30(20-26(24)25)18-21-10-4-1-5-11-21/h1-15,24-26,32H,16-20H2,(H,29,31). The highest BCUT2D eigenvalue weighted by Crippen LogP contribution is 2.51. The lowest BCUT2D eigenvalue weighted by Gasteiger charge is -2.29. The van der Waals surface area contributed by atoms with Crippen molar-refractivity contribution in [2.45, 2.75) is 18.6 Å². The summed E-state index contributed by atoms with van der Waals surface area (Å²) < 4.78 is 0. The number of hydrogen-bond donors (Lipinski definition) is 2. The van der Waals surface area contributed by atoms with Gasteiger partial charge in [0.2, 0.25) is 5.91 Å². The van der Waals surface area contributed by atoms with E-state index in [0.29, 0.717) is 24.3 Å². The van der Waals surface area contributed by atoms with Gasteiger partial charge in [-0.15, -0.1) is 0 Å². The van der Waals surface area contributed by atoms with E-state index < -0.39 is 5.60 Å². The molecule has 0 radical (unpaired) electrons. The zero-order valence-corrected chi connectivity index (χ0v) is 18.2. The molecular formula is C28H30N2O2. The minimum atomic E-state index is -1.33. The average Bonchev–Trinajstić information content (AvgIpc) is 3.30. The molecule has 4 nitrogen and oxygen atoms in total. The molecule has 5 rings (SSSR count). The van der Waals surface area contributed by atoms with Gasteiger partial charge in [-0.05, 0) is 34.4 Å². The third kappa shape index (κ3) is 4.34. The number of hydrogen-bond acceptors (Lipinski definition) is 3. The Labute approximate surface area is 189 Å². The van der Waals surface area contributed by atoms with Crippen LogP contribution in [-0.4, -0.2) is 35.5 Å². The Morgan fingerprint density at radius 2 is 1.34 bits per heavy atom. The Balaban J connectivity index is 1.16. The highest BCUT2D eigenvalue weighted by Gasteiger charge is 2.55. The number of amides is 1. The van der Waals surface area contributed by atoms with Crippen LogP contribution >= 0.6 is 0 Å². The summed E-state index contributed by atoms with van der Waals surface area (Å²) in [6.45, 7) is 3.93. The van der Waals surface area contributed by atoms with Gasteiger partial charge < -0.3 is 10.4 Å². The number of benzene rings is 3. The van der Waals surface area contributed by atoms with Crippen molar-refractivity contribution in [1.82, 2.24) is 10.2 Å². The lowest BCUT2D eigenvalue weighted by atomic mass is 9.83. The monoisotopic (exact) mass is 426 g/mol. The second kappa shape index (κ2) is 8.89. The molecule has 1 aliphatic carbocycles. The van der Waals surface area contributed by atoms with Crippen LogP contribution in [0.1, 0.15) is 23.1 Å². The zero-order valence-electron chi connectivity index (χ0n) is 18.2. The van der Waals surface area contributed by atoms with Crippen molar-refractivity contribution in [2.24, 2.45) is 17.8 Å². The van der Waals surface area contributed by atoms with E-state index in [-0.39, 0.29) is 12.3 Å². The molecule has 2 N–H and O–H groups in total. The summed E-state index contributed by atoms with van der Waals surface area (Å²) in [4.78, 5) is 15.4. The Morgan fingerprint density at radius 3 is 1.88 bits per heavy atom. The Bertz CT molecular complexity index is 987. The van der Waals surface area contributed by atoms with E-state index in [2.05, 4.69) is 40.5 Å². The van der Waals surface area contributed by atoms with E-state index in [1.165, 1.54) is 5.56 Å². The molecule has 1 amide bonds. The maximum absolute atomic E-state index is 12.9. The number of nitrogens with zero attached hydrogens (tertiary/aromatic N) is 1. The summed E-state index contributed by atoms with van der Waals surface area (Å²) in [5.41, 5.74) is 1.50. The van der Waals surface area contributed by atoms with Crippen LogP contribution < -0.4 is 5.32 Å². The summed E-state index contributed by atoms with van der Waals surface area (Å²) in [5, 5.41) is 14.7. The molecule has 2 aliphatic rings. The SMILES string of the molecule is O=C(CC(O)(c1ccccc1)c1ccccc1)NCC1C2CN(Cc3ccccc3)CC12. The van der Waals surface area contributed by atoms with E-state index >= 15 is 0 Å². The molecule has 0 spiro atoms. The van der Waals surface area contributed by atoms with Crippen molar-refractivity contribution < 1.29 is 9.90 Å². The molecule has 0 bridgehead atoms. The summed E-state index contributed by atoms with van der Waals surface area (Å²) in [6.07, 6.45) is 0.0171. The first-order valence-corrected chi connectivity index (χ1v) is 11.5. The van der Waals surface area contributed by atoms with E-state index in [4.69, 9.17) is 0 Å². The Kier molecular flexibility index (Phi) is 5.81. The van der Waals surface area contributed by atoms with Gasteiger partial charge >= 0.3 is 0 Å². The van der Waals surface area contributed by atoms with E-state index in [1.807, 2.05) is 60.7 Å². The van der Waals surface area contributed by atoms with Crippen LogP contribution in [0.25, 0.3) is 0 Å². The van der Waals surface area contributed by atoms with Crippen molar-refractivity contribution in [3.8, 4) is 0 Å². The molecule has 1 heterocycles. The summed E-state index contributed by atoms with van der Waals surface area (Å²) in [6, 6.07) is 29.6. The van der Waals surface area contributed by atoms with Crippen molar-refractivity contribution >= 4 is 5.91 Å². The molecular weight excluding hydrogens is 396 g/mol. The van der Waals surface area contributed by atoms with Gasteiger partial charge in [-0.1, -0.05) is 91.0 Å². The topological polar surface area (TPSA) is 52.6 Å². The summed E-state index contributed by atoms with van der Waals surface area (Å²) in [5.74, 6) is 1.82. The lowest BCUT2D eigenvalue weighted by molar-refractivity contribution is -0.125. The molecule has 164 valence electrons. The number of aliphatic hydroxyl groups is 1. The smallest absolute Gasteiger partial charge is 0.223 e. The normalized spacial score (nSPS) is 22.3. The maximum atomic E-state index is 12.9. The van der Waals surface area contributed by atoms with E-state index in [9.17, 15) is 9.90 Å². The van der Waals surface area contributed by atoms with Gasteiger partial charge in [0.05, 0.1) is 6.42 Å². The van der Waals surface area contributed by atoms with Crippen LogP contribution in [0.5, 0.6) is 0 Å². The Hall–Kier alpha value is -2.95. The number of carbonyl (C=O) groups excluding carboxylic acids is 1. The van der Waals surface area contributed by atoms with Crippen molar-refractivity contribution in [2.75, 3.05) is 19.6 Å². The minimum absolute atomic E-state index is 0.0171. The Morgan fingerprint density at radius 1 is 0.844 bits per heavy atom. The number of likely N-dealkylation sites (tertiary alicyclic amines) is 1. The molecule has 2 atom stereocenters. The zero-order chi connectivity index (χ0) is 22.0. The van der Waals surface area contributed by atoms with Gasteiger partial charge in [0.25, 0.3) is 0 Å². The predicted molar refractivity (Wildman–Crippen MR) is 126 cm³/mol. The molecule has 1 saturated carbocycles. The molecule has 32 heavy (non-hydrogen) atoms. The van der Waals surface area contributed by atoms with Crippen LogP contribution in [0.15, 0.2) is 91.0 Å². The fraction of sp³-hybridized carbons (Fsp3) is 0.321. The van der Waals surface area contributed by atoms with Gasteiger partial charge in [0.15, 0.2) is 0 Å². The highest BCUT2D eigenvalue weighted by molar-refractivity contribution is 5.78. The highest BCUT2D eigenvalue weighted by atomic mass is 16.3. The maximum Gasteiger partial charge on any atom is 0.223 e. The van der Waals surface area contributed by atoms with Crippen LogP contribution in [-0.2, 0) is 16.9 Å². The average molecular weight is 427 g/mol.